The Morgan fingerprint density at radius 3 is 2.47 bits per heavy atom. The van der Waals surface area contributed by atoms with Gasteiger partial charge in [-0.25, -0.2) is 14.1 Å². The van der Waals surface area contributed by atoms with Crippen LogP contribution in [-0.4, -0.2) is 35.9 Å². The van der Waals surface area contributed by atoms with E-state index < -0.39 is 35.7 Å². The predicted molar refractivity (Wildman–Crippen MR) is 133 cm³/mol. The summed E-state index contributed by atoms with van der Waals surface area (Å²) >= 11 is 1.97. The number of anilines is 1. The molecule has 2 atom stereocenters. The molecule has 0 bridgehead atoms. The molecule has 1 saturated heterocycles. The second-order valence-electron chi connectivity index (χ2n) is 7.68. The van der Waals surface area contributed by atoms with Crippen molar-refractivity contribution in [1.82, 2.24) is 10.2 Å². The van der Waals surface area contributed by atoms with E-state index in [1.807, 2.05) is 28.7 Å². The van der Waals surface area contributed by atoms with Gasteiger partial charge in [0.25, 0.3) is 5.91 Å². The van der Waals surface area contributed by atoms with Crippen LogP contribution in [0.2, 0.25) is 0 Å². The van der Waals surface area contributed by atoms with Crippen LogP contribution in [0.1, 0.15) is 17.2 Å². The molecule has 3 aromatic carbocycles. The van der Waals surface area contributed by atoms with Crippen LogP contribution in [0.5, 0.6) is 5.75 Å². The van der Waals surface area contributed by atoms with E-state index in [4.69, 9.17) is 4.74 Å². The van der Waals surface area contributed by atoms with Crippen molar-refractivity contribution in [1.29, 1.82) is 0 Å². The summed E-state index contributed by atoms with van der Waals surface area (Å²) in [5.74, 6) is -1.22. The maximum Gasteiger partial charge on any atom is 0.325 e. The maximum absolute atomic E-state index is 14.4. The molecule has 0 radical (unpaired) electrons. The van der Waals surface area contributed by atoms with Crippen LogP contribution >= 0.6 is 22.6 Å². The molecule has 1 aliphatic rings. The lowest BCUT2D eigenvalue weighted by molar-refractivity contribution is -0.134. The number of carbonyl (C=O) groups excluding carboxylic acids is 3. The van der Waals surface area contributed by atoms with E-state index in [9.17, 15) is 18.8 Å². The molecule has 0 aromatic heterocycles. The quantitative estimate of drug-likeness (QED) is 0.327. The normalized spacial score (nSPS) is 16.2. The Morgan fingerprint density at radius 1 is 1.12 bits per heavy atom. The van der Waals surface area contributed by atoms with Crippen LogP contribution in [-0.2, 0) is 16.0 Å². The molecular weight excluding hydrogens is 552 g/mol. The van der Waals surface area contributed by atoms with E-state index in [0.717, 1.165) is 10.5 Å². The van der Waals surface area contributed by atoms with Crippen LogP contribution in [0.25, 0.3) is 0 Å². The summed E-state index contributed by atoms with van der Waals surface area (Å²) in [5, 5.41) is 5.19. The van der Waals surface area contributed by atoms with Gasteiger partial charge in [-0.2, -0.15) is 0 Å². The summed E-state index contributed by atoms with van der Waals surface area (Å²) in [4.78, 5) is 40.4. The van der Waals surface area contributed by atoms with Crippen LogP contribution in [0.4, 0.5) is 14.9 Å². The number of methoxy groups -OCH3 is 1. The lowest BCUT2D eigenvalue weighted by atomic mass is 10.0. The first-order valence-electron chi connectivity index (χ1n) is 10.4. The number of carbonyl (C=O) groups is 3. The number of hydrogen-bond donors (Lipinski definition) is 2. The van der Waals surface area contributed by atoms with Gasteiger partial charge >= 0.3 is 6.03 Å². The number of halogens is 2. The summed E-state index contributed by atoms with van der Waals surface area (Å²) < 4.78 is 20.2. The highest BCUT2D eigenvalue weighted by atomic mass is 127. The average Bonchev–Trinajstić information content (AvgIpc) is 3.13. The molecule has 174 valence electrons. The lowest BCUT2D eigenvalue weighted by Gasteiger charge is -2.25. The molecule has 1 fully saturated rings. The zero-order valence-corrected chi connectivity index (χ0v) is 20.3. The van der Waals surface area contributed by atoms with E-state index in [-0.39, 0.29) is 12.1 Å². The van der Waals surface area contributed by atoms with Gasteiger partial charge in [0.15, 0.2) is 0 Å². The van der Waals surface area contributed by atoms with E-state index in [1.54, 1.807) is 54.6 Å². The molecule has 1 heterocycles. The first kappa shape index (κ1) is 23.7. The van der Waals surface area contributed by atoms with Crippen molar-refractivity contribution in [2.45, 2.75) is 18.5 Å². The van der Waals surface area contributed by atoms with Gasteiger partial charge in [0.1, 0.15) is 23.7 Å². The molecule has 0 unspecified atom stereocenters. The van der Waals surface area contributed by atoms with Crippen molar-refractivity contribution in [3.8, 4) is 5.75 Å². The molecule has 34 heavy (non-hydrogen) atoms. The number of benzene rings is 3. The van der Waals surface area contributed by atoms with Gasteiger partial charge in [0, 0.05) is 9.99 Å². The molecule has 9 heteroatoms. The van der Waals surface area contributed by atoms with Gasteiger partial charge in [-0.3, -0.25) is 9.59 Å². The first-order chi connectivity index (χ1) is 16.4. The highest BCUT2D eigenvalue weighted by molar-refractivity contribution is 14.1. The topological polar surface area (TPSA) is 87.7 Å². The standard InChI is InChI=1S/C25H21FIN3O4/c1-34-18-10-7-16(8-11-18)22-24(32)30(25(33)29-22)21(13-15-5-3-2-4-6-15)23(31)28-20-12-9-17(27)14-19(20)26/h2-12,14,21-22H,13H2,1H3,(H,28,31)(H,29,33)/t21-,22+/m0/s1. The summed E-state index contributed by atoms with van der Waals surface area (Å²) in [6, 6.07) is 17.3. The molecule has 2 N–H and O–H groups in total. The maximum atomic E-state index is 14.4. The van der Waals surface area contributed by atoms with Crippen LogP contribution in [0.3, 0.4) is 0 Å². The van der Waals surface area contributed by atoms with Crippen LogP contribution < -0.4 is 15.4 Å². The number of urea groups is 1. The van der Waals surface area contributed by atoms with Gasteiger partial charge in [0.2, 0.25) is 5.91 Å². The number of amides is 4. The molecule has 0 spiro atoms. The SMILES string of the molecule is COc1ccc([C@H]2NC(=O)N([C@@H](Cc3ccccc3)C(=O)Nc3ccc(I)cc3F)C2=O)cc1. The predicted octanol–water partition coefficient (Wildman–Crippen LogP) is 4.28. The lowest BCUT2D eigenvalue weighted by Crippen LogP contribution is -2.49. The minimum absolute atomic E-state index is 0.0257. The zero-order chi connectivity index (χ0) is 24.2. The Labute approximate surface area is 209 Å². The van der Waals surface area contributed by atoms with Crippen LogP contribution in [0.15, 0.2) is 72.8 Å². The Kier molecular flexibility index (Phi) is 7.11. The van der Waals surface area contributed by atoms with Gasteiger partial charge in [-0.1, -0.05) is 42.5 Å². The Hall–Kier alpha value is -3.47. The third-order valence-electron chi connectivity index (χ3n) is 5.50. The Balaban J connectivity index is 1.64. The molecule has 0 saturated carbocycles. The summed E-state index contributed by atoms with van der Waals surface area (Å²) in [6.45, 7) is 0. The van der Waals surface area contributed by atoms with E-state index in [1.165, 1.54) is 19.2 Å². The summed E-state index contributed by atoms with van der Waals surface area (Å²) in [7, 11) is 1.53. The molecule has 3 aromatic rings. The molecule has 4 rings (SSSR count). The first-order valence-corrected chi connectivity index (χ1v) is 11.5. The fourth-order valence-corrected chi connectivity index (χ4v) is 4.21. The highest BCUT2D eigenvalue weighted by Crippen LogP contribution is 2.27. The average molecular weight is 573 g/mol. The smallest absolute Gasteiger partial charge is 0.325 e. The number of rotatable bonds is 7. The van der Waals surface area contributed by atoms with Crippen molar-refractivity contribution in [3.63, 3.8) is 0 Å². The van der Waals surface area contributed by atoms with Gasteiger partial charge in [0.05, 0.1) is 12.8 Å². The second kappa shape index (κ2) is 10.2. The number of ether oxygens (including phenoxy) is 1. The van der Waals surface area contributed by atoms with Gasteiger partial charge in [-0.05, 0) is 64.0 Å². The number of hydrogen-bond acceptors (Lipinski definition) is 4. The zero-order valence-electron chi connectivity index (χ0n) is 18.1. The largest absolute Gasteiger partial charge is 0.497 e. The number of nitrogens with one attached hydrogen (secondary N) is 2. The van der Waals surface area contributed by atoms with Crippen molar-refractivity contribution in [2.75, 3.05) is 12.4 Å². The van der Waals surface area contributed by atoms with Crippen molar-refractivity contribution in [2.24, 2.45) is 0 Å². The van der Waals surface area contributed by atoms with Crippen LogP contribution in [0, 0.1) is 9.39 Å². The number of imide groups is 1. The van der Waals surface area contributed by atoms with Gasteiger partial charge < -0.3 is 15.4 Å². The van der Waals surface area contributed by atoms with Crippen molar-refractivity contribution >= 4 is 46.1 Å². The second-order valence-corrected chi connectivity index (χ2v) is 8.93. The summed E-state index contributed by atoms with van der Waals surface area (Å²) in [6.07, 6.45) is 0.0765. The third-order valence-corrected chi connectivity index (χ3v) is 6.17. The summed E-state index contributed by atoms with van der Waals surface area (Å²) in [5.41, 5.74) is 1.28. The Bertz CT molecular complexity index is 1220. The molecule has 4 amide bonds. The monoisotopic (exact) mass is 573 g/mol. The van der Waals surface area contributed by atoms with E-state index in [2.05, 4.69) is 10.6 Å². The third kappa shape index (κ3) is 5.04. The van der Waals surface area contributed by atoms with E-state index in [0.29, 0.717) is 14.9 Å². The highest BCUT2D eigenvalue weighted by Gasteiger charge is 2.45. The fraction of sp³-hybridized carbons (Fsp3) is 0.160. The van der Waals surface area contributed by atoms with E-state index >= 15 is 0 Å². The minimum atomic E-state index is -1.18. The van der Waals surface area contributed by atoms with Crippen molar-refractivity contribution < 1.29 is 23.5 Å². The van der Waals surface area contributed by atoms with Gasteiger partial charge in [-0.15, -0.1) is 0 Å². The Morgan fingerprint density at radius 2 is 1.82 bits per heavy atom. The molecular formula is C25H21FIN3O4. The van der Waals surface area contributed by atoms with Crippen molar-refractivity contribution in [3.05, 3.63) is 93.3 Å². The molecule has 7 nitrogen and oxygen atoms in total. The number of nitrogens with zero attached hydrogens (tertiary/aromatic N) is 1. The minimum Gasteiger partial charge on any atom is -0.497 e. The fourth-order valence-electron chi connectivity index (χ4n) is 3.76. The molecule has 1 aliphatic heterocycles. The molecule has 0 aliphatic carbocycles.